The van der Waals surface area contributed by atoms with Gasteiger partial charge in [-0.05, 0) is 50.2 Å². The minimum Gasteiger partial charge on any atom is -0.497 e. The summed E-state index contributed by atoms with van der Waals surface area (Å²) in [6.07, 6.45) is 2.10. The van der Waals surface area contributed by atoms with Crippen LogP contribution in [0.3, 0.4) is 0 Å². The zero-order chi connectivity index (χ0) is 18.1. The van der Waals surface area contributed by atoms with Crippen molar-refractivity contribution >= 4 is 5.91 Å². The molecular weight excluding hydrogens is 318 g/mol. The second kappa shape index (κ2) is 10.3. The van der Waals surface area contributed by atoms with E-state index in [2.05, 4.69) is 22.2 Å². The minimum absolute atomic E-state index is 0.0863. The topological polar surface area (TPSA) is 54.0 Å². The van der Waals surface area contributed by atoms with Crippen molar-refractivity contribution < 1.29 is 14.3 Å². The van der Waals surface area contributed by atoms with Crippen LogP contribution in [0, 0.1) is 0 Å². The number of carbonyl (C=O) groups excluding carboxylic acids is 1. The fourth-order valence-corrected chi connectivity index (χ4v) is 3.02. The van der Waals surface area contributed by atoms with Crippen LogP contribution in [0.1, 0.15) is 18.4 Å². The van der Waals surface area contributed by atoms with E-state index < -0.39 is 0 Å². The number of likely N-dealkylation sites (N-methyl/N-ethyl adjacent to an activating group) is 1. The number of benzene rings is 1. The molecule has 1 aromatic carbocycles. The van der Waals surface area contributed by atoms with E-state index in [1.807, 2.05) is 18.2 Å². The van der Waals surface area contributed by atoms with Crippen LogP contribution in [0.2, 0.25) is 0 Å². The summed E-state index contributed by atoms with van der Waals surface area (Å²) in [5, 5.41) is 3.02. The van der Waals surface area contributed by atoms with Crippen molar-refractivity contribution in [2.75, 3.05) is 60.5 Å². The Bertz CT molecular complexity index is 543. The molecule has 1 heterocycles. The van der Waals surface area contributed by atoms with Gasteiger partial charge in [0.15, 0.2) is 0 Å². The second-order valence-corrected chi connectivity index (χ2v) is 6.53. The molecule has 1 aromatic rings. The molecule has 1 aliphatic rings. The Morgan fingerprint density at radius 3 is 2.60 bits per heavy atom. The van der Waals surface area contributed by atoms with Gasteiger partial charge in [0.25, 0.3) is 0 Å². The van der Waals surface area contributed by atoms with Crippen molar-refractivity contribution in [2.24, 2.45) is 0 Å². The lowest BCUT2D eigenvalue weighted by atomic mass is 10.1. The van der Waals surface area contributed by atoms with Gasteiger partial charge in [0.1, 0.15) is 11.5 Å². The molecule has 0 atom stereocenters. The van der Waals surface area contributed by atoms with Gasteiger partial charge in [0.2, 0.25) is 5.91 Å². The van der Waals surface area contributed by atoms with E-state index >= 15 is 0 Å². The summed E-state index contributed by atoms with van der Waals surface area (Å²) < 4.78 is 10.6. The molecule has 0 radical (unpaired) electrons. The molecule has 1 fully saturated rings. The van der Waals surface area contributed by atoms with Crippen LogP contribution in [0.5, 0.6) is 11.5 Å². The number of ether oxygens (including phenoxy) is 2. The Morgan fingerprint density at radius 2 is 1.92 bits per heavy atom. The van der Waals surface area contributed by atoms with Crippen molar-refractivity contribution in [3.05, 3.63) is 23.8 Å². The van der Waals surface area contributed by atoms with Crippen molar-refractivity contribution in [3.63, 3.8) is 0 Å². The molecule has 6 nitrogen and oxygen atoms in total. The Labute approximate surface area is 151 Å². The Balaban J connectivity index is 1.65. The van der Waals surface area contributed by atoms with Crippen LogP contribution in [0.4, 0.5) is 0 Å². The number of rotatable bonds is 9. The van der Waals surface area contributed by atoms with Crippen molar-refractivity contribution in [1.29, 1.82) is 0 Å². The highest BCUT2D eigenvalue weighted by molar-refractivity contribution is 5.76. The smallest absolute Gasteiger partial charge is 0.220 e. The summed E-state index contributed by atoms with van der Waals surface area (Å²) >= 11 is 0. The summed E-state index contributed by atoms with van der Waals surface area (Å²) in [7, 11) is 5.44. The summed E-state index contributed by atoms with van der Waals surface area (Å²) in [4.78, 5) is 16.9. The molecule has 2 rings (SSSR count). The number of hydrogen-bond donors (Lipinski definition) is 1. The maximum Gasteiger partial charge on any atom is 0.220 e. The maximum atomic E-state index is 12.1. The third-order valence-electron chi connectivity index (χ3n) is 4.68. The Kier molecular flexibility index (Phi) is 8.01. The minimum atomic E-state index is 0.0863. The average molecular weight is 349 g/mol. The van der Waals surface area contributed by atoms with Crippen molar-refractivity contribution in [1.82, 2.24) is 15.1 Å². The van der Waals surface area contributed by atoms with Gasteiger partial charge < -0.3 is 24.6 Å². The van der Waals surface area contributed by atoms with E-state index in [1.165, 1.54) is 0 Å². The molecule has 1 aliphatic heterocycles. The average Bonchev–Trinajstić information content (AvgIpc) is 2.64. The largest absolute Gasteiger partial charge is 0.497 e. The highest BCUT2D eigenvalue weighted by atomic mass is 16.5. The van der Waals surface area contributed by atoms with Crippen molar-refractivity contribution in [3.8, 4) is 11.5 Å². The quantitative estimate of drug-likeness (QED) is 0.683. The Morgan fingerprint density at radius 1 is 1.16 bits per heavy atom. The third-order valence-corrected chi connectivity index (χ3v) is 4.68. The van der Waals surface area contributed by atoms with E-state index in [0.717, 1.165) is 62.8 Å². The number of piperazine rings is 1. The summed E-state index contributed by atoms with van der Waals surface area (Å²) in [6, 6.07) is 5.67. The number of hydrogen-bond acceptors (Lipinski definition) is 5. The lowest BCUT2D eigenvalue weighted by Crippen LogP contribution is -2.45. The zero-order valence-electron chi connectivity index (χ0n) is 15.7. The first-order chi connectivity index (χ1) is 12.1. The molecular formula is C19H31N3O3. The van der Waals surface area contributed by atoms with E-state index in [4.69, 9.17) is 9.47 Å². The number of carbonyl (C=O) groups is 1. The van der Waals surface area contributed by atoms with Crippen LogP contribution in [-0.2, 0) is 11.2 Å². The number of aryl methyl sites for hydroxylation is 1. The normalized spacial score (nSPS) is 15.8. The van der Waals surface area contributed by atoms with E-state index in [1.54, 1.807) is 14.2 Å². The standard InChI is InChI=1S/C19H31N3O3/c1-21-11-13-22(14-12-21)10-4-9-20-19(23)8-5-16-15-17(24-2)6-7-18(16)25-3/h6-7,15H,4-5,8-14H2,1-3H3,(H,20,23). The van der Waals surface area contributed by atoms with Gasteiger partial charge in [-0.15, -0.1) is 0 Å². The molecule has 1 saturated heterocycles. The summed E-state index contributed by atoms with van der Waals surface area (Å²) in [5.41, 5.74) is 0.995. The van der Waals surface area contributed by atoms with E-state index in [9.17, 15) is 4.79 Å². The second-order valence-electron chi connectivity index (χ2n) is 6.53. The molecule has 0 spiro atoms. The SMILES string of the molecule is COc1ccc(OC)c(CCC(=O)NCCCN2CCN(C)CC2)c1. The van der Waals surface area contributed by atoms with Crippen LogP contribution in [0.25, 0.3) is 0 Å². The lowest BCUT2D eigenvalue weighted by molar-refractivity contribution is -0.121. The molecule has 6 heteroatoms. The molecule has 0 aliphatic carbocycles. The predicted octanol–water partition coefficient (Wildman–Crippen LogP) is 1.39. The fraction of sp³-hybridized carbons (Fsp3) is 0.632. The monoisotopic (exact) mass is 349 g/mol. The molecule has 25 heavy (non-hydrogen) atoms. The van der Waals surface area contributed by atoms with Gasteiger partial charge in [0, 0.05) is 39.1 Å². The first-order valence-electron chi connectivity index (χ1n) is 9.01. The molecule has 0 unspecified atom stereocenters. The van der Waals surface area contributed by atoms with Gasteiger partial charge in [0.05, 0.1) is 14.2 Å². The number of amides is 1. The van der Waals surface area contributed by atoms with Crippen LogP contribution < -0.4 is 14.8 Å². The summed E-state index contributed by atoms with van der Waals surface area (Å²) in [6.45, 7) is 6.31. The summed E-state index contributed by atoms with van der Waals surface area (Å²) in [5.74, 6) is 1.66. The zero-order valence-corrected chi connectivity index (χ0v) is 15.7. The molecule has 0 saturated carbocycles. The molecule has 0 aromatic heterocycles. The number of nitrogens with zero attached hydrogens (tertiary/aromatic N) is 2. The van der Waals surface area contributed by atoms with E-state index in [0.29, 0.717) is 12.8 Å². The fourth-order valence-electron chi connectivity index (χ4n) is 3.02. The Hall–Kier alpha value is -1.79. The van der Waals surface area contributed by atoms with Gasteiger partial charge in [-0.1, -0.05) is 0 Å². The van der Waals surface area contributed by atoms with Crippen LogP contribution >= 0.6 is 0 Å². The maximum absolute atomic E-state index is 12.1. The molecule has 1 amide bonds. The number of methoxy groups -OCH3 is 2. The molecule has 1 N–H and O–H groups in total. The van der Waals surface area contributed by atoms with Crippen molar-refractivity contribution in [2.45, 2.75) is 19.3 Å². The lowest BCUT2D eigenvalue weighted by Gasteiger charge is -2.32. The van der Waals surface area contributed by atoms with Crippen LogP contribution in [0.15, 0.2) is 18.2 Å². The van der Waals surface area contributed by atoms with Gasteiger partial charge in [-0.25, -0.2) is 0 Å². The predicted molar refractivity (Wildman–Crippen MR) is 99.4 cm³/mol. The van der Waals surface area contributed by atoms with Gasteiger partial charge in [-0.3, -0.25) is 4.79 Å². The van der Waals surface area contributed by atoms with Crippen LogP contribution in [-0.4, -0.2) is 76.2 Å². The highest BCUT2D eigenvalue weighted by Crippen LogP contribution is 2.25. The van der Waals surface area contributed by atoms with E-state index in [-0.39, 0.29) is 5.91 Å². The molecule has 140 valence electrons. The van der Waals surface area contributed by atoms with Gasteiger partial charge >= 0.3 is 0 Å². The number of nitrogens with one attached hydrogen (secondary N) is 1. The first-order valence-corrected chi connectivity index (χ1v) is 9.01. The molecule has 0 bridgehead atoms. The van der Waals surface area contributed by atoms with Gasteiger partial charge in [-0.2, -0.15) is 0 Å². The first kappa shape index (κ1) is 19.5. The highest BCUT2D eigenvalue weighted by Gasteiger charge is 2.13. The third kappa shape index (κ3) is 6.55.